The van der Waals surface area contributed by atoms with Crippen molar-refractivity contribution in [2.24, 2.45) is 0 Å². The number of carbonyl (C=O) groups excluding carboxylic acids is 1. The van der Waals surface area contributed by atoms with Crippen molar-refractivity contribution in [3.8, 4) is 0 Å². The van der Waals surface area contributed by atoms with Crippen LogP contribution in [-0.4, -0.2) is 81.6 Å². The Kier molecular flexibility index (Phi) is 7.80. The van der Waals surface area contributed by atoms with E-state index in [0.717, 1.165) is 6.08 Å². The predicted octanol–water partition coefficient (Wildman–Crippen LogP) is -0.694. The molecule has 0 bridgehead atoms. The van der Waals surface area contributed by atoms with E-state index in [0.29, 0.717) is 0 Å². The van der Waals surface area contributed by atoms with Crippen LogP contribution in [0.4, 0.5) is 0 Å². The zero-order valence-electron chi connectivity index (χ0n) is 7.57. The molecule has 0 unspecified atom stereocenters. The van der Waals surface area contributed by atoms with Crippen LogP contribution in [0.3, 0.4) is 0 Å². The van der Waals surface area contributed by atoms with Gasteiger partial charge in [0.1, 0.15) is 4.75 Å². The molecule has 0 aromatic rings. The SMILES string of the molecule is C=CC(=O)NCC(C)(C)S(=O)(=O)O.[KH]. The van der Waals surface area contributed by atoms with Gasteiger partial charge < -0.3 is 5.32 Å². The first-order valence-electron chi connectivity index (χ1n) is 3.58. The first-order chi connectivity index (χ1) is 5.70. The number of rotatable bonds is 4. The summed E-state index contributed by atoms with van der Waals surface area (Å²) in [6.45, 7) is 5.67. The number of nitrogens with one attached hydrogen (secondary N) is 1. The van der Waals surface area contributed by atoms with Gasteiger partial charge in [-0.05, 0) is 19.9 Å². The van der Waals surface area contributed by atoms with Crippen LogP contribution >= 0.6 is 0 Å². The summed E-state index contributed by atoms with van der Waals surface area (Å²) in [5.41, 5.74) is 0. The van der Waals surface area contributed by atoms with Crippen LogP contribution in [0.15, 0.2) is 12.7 Å². The zero-order valence-corrected chi connectivity index (χ0v) is 8.39. The number of carbonyl (C=O) groups is 1. The molecule has 0 saturated heterocycles. The van der Waals surface area contributed by atoms with E-state index in [1.165, 1.54) is 13.8 Å². The summed E-state index contributed by atoms with van der Waals surface area (Å²) in [6, 6.07) is 0. The minimum absolute atomic E-state index is 0. The molecule has 0 aromatic heterocycles. The van der Waals surface area contributed by atoms with E-state index in [1.807, 2.05) is 0 Å². The predicted molar refractivity (Wildman–Crippen MR) is 56.0 cm³/mol. The molecule has 1 amide bonds. The molecule has 0 radical (unpaired) electrons. The third-order valence-electron chi connectivity index (χ3n) is 1.57. The fraction of sp³-hybridized carbons (Fsp3) is 0.571. The zero-order chi connectivity index (χ0) is 10.7. The van der Waals surface area contributed by atoms with E-state index in [9.17, 15) is 13.2 Å². The third-order valence-corrected chi connectivity index (χ3v) is 3.11. The molecule has 5 nitrogen and oxygen atoms in total. The van der Waals surface area contributed by atoms with E-state index in [4.69, 9.17) is 4.55 Å². The van der Waals surface area contributed by atoms with Gasteiger partial charge in [0, 0.05) is 6.54 Å². The van der Waals surface area contributed by atoms with Crippen LogP contribution in [0.5, 0.6) is 0 Å². The molecule has 0 aliphatic carbocycles. The van der Waals surface area contributed by atoms with Crippen molar-refractivity contribution in [2.75, 3.05) is 6.54 Å². The second-order valence-corrected chi connectivity index (χ2v) is 5.21. The van der Waals surface area contributed by atoms with Crippen molar-refractivity contribution in [1.82, 2.24) is 5.32 Å². The van der Waals surface area contributed by atoms with Gasteiger partial charge in [0.05, 0.1) is 0 Å². The molecule has 78 valence electrons. The van der Waals surface area contributed by atoms with Crippen molar-refractivity contribution in [3.63, 3.8) is 0 Å². The Balaban J connectivity index is 0. The van der Waals surface area contributed by atoms with Gasteiger partial charge in [-0.3, -0.25) is 9.35 Å². The van der Waals surface area contributed by atoms with Crippen LogP contribution in [0.2, 0.25) is 0 Å². The maximum absolute atomic E-state index is 10.7. The summed E-state index contributed by atoms with van der Waals surface area (Å²) in [4.78, 5) is 10.7. The average Bonchev–Trinajstić information content (AvgIpc) is 1.98. The number of hydrogen-bond acceptors (Lipinski definition) is 3. The molecule has 0 aliphatic rings. The first-order valence-corrected chi connectivity index (χ1v) is 5.02. The van der Waals surface area contributed by atoms with Gasteiger partial charge in [0.2, 0.25) is 5.91 Å². The van der Waals surface area contributed by atoms with Crippen molar-refractivity contribution in [1.29, 1.82) is 0 Å². The second-order valence-electron chi connectivity index (χ2n) is 3.16. The molecule has 0 fully saturated rings. The molecule has 0 atom stereocenters. The molecule has 0 saturated carbocycles. The molecule has 7 heteroatoms. The number of hydrogen-bond donors (Lipinski definition) is 2. The molecule has 2 N–H and O–H groups in total. The third kappa shape index (κ3) is 5.59. The van der Waals surface area contributed by atoms with Crippen molar-refractivity contribution < 1.29 is 17.8 Å². The summed E-state index contributed by atoms with van der Waals surface area (Å²) in [5.74, 6) is -0.475. The van der Waals surface area contributed by atoms with Crippen LogP contribution in [0, 0.1) is 0 Å². The molecule has 0 aliphatic heterocycles. The molecule has 0 rings (SSSR count). The molecule has 0 spiro atoms. The van der Waals surface area contributed by atoms with Crippen molar-refractivity contribution in [2.45, 2.75) is 18.6 Å². The summed E-state index contributed by atoms with van der Waals surface area (Å²) < 4.78 is 28.8. The Labute approximate surface area is 127 Å². The van der Waals surface area contributed by atoms with E-state index in [1.54, 1.807) is 0 Å². The van der Waals surface area contributed by atoms with Crippen LogP contribution in [0.25, 0.3) is 0 Å². The summed E-state index contributed by atoms with van der Waals surface area (Å²) in [5, 5.41) is 2.28. The maximum atomic E-state index is 10.7. The number of amides is 1. The van der Waals surface area contributed by atoms with Crippen LogP contribution < -0.4 is 5.32 Å². The molecule has 0 heterocycles. The Morgan fingerprint density at radius 2 is 2.00 bits per heavy atom. The standard InChI is InChI=1S/C7H13NO4S.K.H/c1-4-6(9)8-5-7(2,3)13(10,11)12;;/h4H,1,5H2,2-3H3,(H,8,9)(H,10,11,12);;. The Morgan fingerprint density at radius 3 is 2.29 bits per heavy atom. The fourth-order valence-corrected chi connectivity index (χ4v) is 0.718. The van der Waals surface area contributed by atoms with E-state index < -0.39 is 20.8 Å². The summed E-state index contributed by atoms with van der Waals surface area (Å²) in [6.07, 6.45) is 1.03. The van der Waals surface area contributed by atoms with Crippen LogP contribution in [0.1, 0.15) is 13.8 Å². The van der Waals surface area contributed by atoms with E-state index in [-0.39, 0.29) is 57.9 Å². The van der Waals surface area contributed by atoms with Gasteiger partial charge in [-0.2, -0.15) is 8.42 Å². The minimum atomic E-state index is -4.16. The first kappa shape index (κ1) is 17.2. The molecular formula is C7H14KNO4S. The average molecular weight is 247 g/mol. The Bertz CT molecular complexity index is 310. The monoisotopic (exact) mass is 247 g/mol. The van der Waals surface area contributed by atoms with Gasteiger partial charge in [-0.1, -0.05) is 6.58 Å². The van der Waals surface area contributed by atoms with Crippen molar-refractivity contribution >= 4 is 67.4 Å². The van der Waals surface area contributed by atoms with Gasteiger partial charge >= 0.3 is 51.4 Å². The van der Waals surface area contributed by atoms with Crippen molar-refractivity contribution in [3.05, 3.63) is 12.7 Å². The van der Waals surface area contributed by atoms with E-state index >= 15 is 0 Å². The van der Waals surface area contributed by atoms with Gasteiger partial charge in [-0.25, -0.2) is 0 Å². The normalized spacial score (nSPS) is 11.4. The fourth-order valence-electron chi connectivity index (χ4n) is 0.463. The van der Waals surface area contributed by atoms with Gasteiger partial charge in [-0.15, -0.1) is 0 Å². The summed E-state index contributed by atoms with van der Waals surface area (Å²) >= 11 is 0. The molecular weight excluding hydrogens is 233 g/mol. The Hall–Kier alpha value is 0.756. The van der Waals surface area contributed by atoms with Crippen LogP contribution in [-0.2, 0) is 14.9 Å². The quantitative estimate of drug-likeness (QED) is 0.391. The molecule has 0 aromatic carbocycles. The van der Waals surface area contributed by atoms with Gasteiger partial charge in [0.25, 0.3) is 10.1 Å². The topological polar surface area (TPSA) is 83.5 Å². The second kappa shape index (κ2) is 6.36. The summed E-state index contributed by atoms with van der Waals surface area (Å²) in [7, 11) is -4.16. The van der Waals surface area contributed by atoms with E-state index in [2.05, 4.69) is 11.9 Å². The van der Waals surface area contributed by atoms with Gasteiger partial charge in [0.15, 0.2) is 0 Å². The Morgan fingerprint density at radius 1 is 1.57 bits per heavy atom. The molecule has 14 heavy (non-hydrogen) atoms.